The average molecular weight is 377 g/mol. The molecule has 0 spiro atoms. The molecule has 4 aromatic rings. The van der Waals surface area contributed by atoms with Gasteiger partial charge < -0.3 is 10.5 Å². The number of nitriles is 1. The molecule has 0 aliphatic rings. The Morgan fingerprint density at radius 1 is 0.828 bits per heavy atom. The van der Waals surface area contributed by atoms with E-state index in [9.17, 15) is 5.26 Å². The minimum Gasteiger partial charge on any atom is -0.489 e. The van der Waals surface area contributed by atoms with E-state index in [1.807, 2.05) is 84.9 Å². The fourth-order valence-corrected chi connectivity index (χ4v) is 3.23. The van der Waals surface area contributed by atoms with Crippen molar-refractivity contribution in [1.29, 1.82) is 5.26 Å². The summed E-state index contributed by atoms with van der Waals surface area (Å²) in [6, 6.07) is 29.8. The molecule has 0 aliphatic heterocycles. The molecule has 0 atom stereocenters. The second kappa shape index (κ2) is 8.28. The molecule has 4 nitrogen and oxygen atoms in total. The lowest BCUT2D eigenvalue weighted by atomic mass is 9.92. The molecule has 0 saturated heterocycles. The predicted octanol–water partition coefficient (Wildman–Crippen LogP) is 5.45. The number of rotatable bonds is 5. The number of nitrogens with zero attached hydrogens (tertiary/aromatic N) is 2. The lowest BCUT2D eigenvalue weighted by molar-refractivity contribution is 0.306. The summed E-state index contributed by atoms with van der Waals surface area (Å²) in [7, 11) is 0. The van der Waals surface area contributed by atoms with Crippen molar-refractivity contribution >= 4 is 5.82 Å². The number of hydrogen-bond acceptors (Lipinski definition) is 4. The van der Waals surface area contributed by atoms with Gasteiger partial charge in [0.05, 0.1) is 0 Å². The quantitative estimate of drug-likeness (QED) is 0.502. The zero-order valence-corrected chi connectivity index (χ0v) is 15.7. The normalized spacial score (nSPS) is 10.3. The van der Waals surface area contributed by atoms with Crippen LogP contribution in [0.15, 0.2) is 91.1 Å². The first kappa shape index (κ1) is 18.3. The van der Waals surface area contributed by atoms with Gasteiger partial charge in [0.25, 0.3) is 0 Å². The summed E-state index contributed by atoms with van der Waals surface area (Å²) in [6.07, 6.45) is 1.72. The first-order valence-corrected chi connectivity index (χ1v) is 9.27. The van der Waals surface area contributed by atoms with Crippen LogP contribution in [0.4, 0.5) is 5.82 Å². The number of nitrogens with two attached hydrogens (primary N) is 1. The van der Waals surface area contributed by atoms with Crippen molar-refractivity contribution in [2.75, 3.05) is 5.73 Å². The van der Waals surface area contributed by atoms with Crippen LogP contribution in [0.5, 0.6) is 5.75 Å². The van der Waals surface area contributed by atoms with Crippen LogP contribution < -0.4 is 10.5 Å². The fourth-order valence-electron chi connectivity index (χ4n) is 3.23. The summed E-state index contributed by atoms with van der Waals surface area (Å²) < 4.78 is 5.88. The molecule has 0 saturated carbocycles. The standard InChI is InChI=1S/C25H19N3O/c26-15-22-24(23(16-28-25(22)27)19-9-5-2-6-10-19)20-11-13-21(14-12-20)29-17-18-7-3-1-4-8-18/h1-14,16H,17H2,(H2,27,28). The summed E-state index contributed by atoms with van der Waals surface area (Å²) in [5, 5.41) is 9.70. The highest BCUT2D eigenvalue weighted by molar-refractivity contribution is 5.89. The molecule has 0 fully saturated rings. The molecular formula is C25H19N3O. The Bertz CT molecular complexity index is 1150. The van der Waals surface area contributed by atoms with Gasteiger partial charge in [-0.2, -0.15) is 5.26 Å². The van der Waals surface area contributed by atoms with Crippen LogP contribution in [0.2, 0.25) is 0 Å². The number of anilines is 1. The number of aromatic nitrogens is 1. The Morgan fingerprint density at radius 3 is 2.14 bits per heavy atom. The van der Waals surface area contributed by atoms with E-state index in [1.165, 1.54) is 0 Å². The third kappa shape index (κ3) is 3.95. The second-order valence-corrected chi connectivity index (χ2v) is 6.58. The molecule has 4 rings (SSSR count). The van der Waals surface area contributed by atoms with E-state index in [-0.39, 0.29) is 5.82 Å². The third-order valence-corrected chi connectivity index (χ3v) is 4.70. The maximum atomic E-state index is 9.70. The van der Waals surface area contributed by atoms with Gasteiger partial charge in [-0.05, 0) is 28.8 Å². The number of nitrogen functional groups attached to an aromatic ring is 1. The number of hydrogen-bond donors (Lipinski definition) is 1. The Labute approximate surface area is 169 Å². The van der Waals surface area contributed by atoms with Crippen molar-refractivity contribution < 1.29 is 4.74 Å². The molecule has 3 aromatic carbocycles. The number of pyridine rings is 1. The number of ether oxygens (including phenoxy) is 1. The van der Waals surface area contributed by atoms with E-state index in [1.54, 1.807) is 6.20 Å². The Balaban J connectivity index is 1.69. The highest BCUT2D eigenvalue weighted by Crippen LogP contribution is 2.36. The van der Waals surface area contributed by atoms with E-state index in [0.29, 0.717) is 12.2 Å². The zero-order chi connectivity index (χ0) is 20.1. The van der Waals surface area contributed by atoms with Crippen LogP contribution in [0.25, 0.3) is 22.3 Å². The lowest BCUT2D eigenvalue weighted by Crippen LogP contribution is -2.00. The summed E-state index contributed by atoms with van der Waals surface area (Å²) in [6.45, 7) is 0.501. The molecule has 4 heteroatoms. The maximum Gasteiger partial charge on any atom is 0.141 e. The SMILES string of the molecule is N#Cc1c(N)ncc(-c2ccccc2)c1-c1ccc(OCc2ccccc2)cc1. The van der Waals surface area contributed by atoms with Gasteiger partial charge in [0.2, 0.25) is 0 Å². The molecule has 140 valence electrons. The molecule has 0 bridgehead atoms. The molecule has 0 radical (unpaired) electrons. The van der Waals surface area contributed by atoms with E-state index in [4.69, 9.17) is 10.5 Å². The smallest absolute Gasteiger partial charge is 0.141 e. The van der Waals surface area contributed by atoms with Crippen molar-refractivity contribution in [2.45, 2.75) is 6.61 Å². The van der Waals surface area contributed by atoms with Crippen LogP contribution >= 0.6 is 0 Å². The van der Waals surface area contributed by atoms with Gasteiger partial charge in [0.1, 0.15) is 29.8 Å². The first-order valence-electron chi connectivity index (χ1n) is 9.27. The van der Waals surface area contributed by atoms with E-state index >= 15 is 0 Å². The van der Waals surface area contributed by atoms with Gasteiger partial charge in [-0.3, -0.25) is 0 Å². The second-order valence-electron chi connectivity index (χ2n) is 6.58. The van der Waals surface area contributed by atoms with Crippen LogP contribution in [0.1, 0.15) is 11.1 Å². The lowest BCUT2D eigenvalue weighted by Gasteiger charge is -2.14. The third-order valence-electron chi connectivity index (χ3n) is 4.70. The fraction of sp³-hybridized carbons (Fsp3) is 0.0400. The molecular weight excluding hydrogens is 358 g/mol. The van der Waals surface area contributed by atoms with Gasteiger partial charge in [-0.25, -0.2) is 4.98 Å². The molecule has 2 N–H and O–H groups in total. The highest BCUT2D eigenvalue weighted by atomic mass is 16.5. The van der Waals surface area contributed by atoms with Crippen LogP contribution in [0.3, 0.4) is 0 Å². The minimum atomic E-state index is 0.228. The zero-order valence-electron chi connectivity index (χ0n) is 15.7. The monoisotopic (exact) mass is 377 g/mol. The molecule has 0 unspecified atom stereocenters. The molecule has 1 aromatic heterocycles. The average Bonchev–Trinajstić information content (AvgIpc) is 2.79. The minimum absolute atomic E-state index is 0.228. The van der Waals surface area contributed by atoms with Crippen molar-refractivity contribution in [1.82, 2.24) is 4.98 Å². The Morgan fingerprint density at radius 2 is 1.48 bits per heavy atom. The largest absolute Gasteiger partial charge is 0.489 e. The van der Waals surface area contributed by atoms with Crippen molar-refractivity contribution in [3.63, 3.8) is 0 Å². The summed E-state index contributed by atoms with van der Waals surface area (Å²) in [4.78, 5) is 4.22. The van der Waals surface area contributed by atoms with E-state index in [2.05, 4.69) is 11.1 Å². The van der Waals surface area contributed by atoms with Crippen LogP contribution in [0, 0.1) is 11.3 Å². The summed E-state index contributed by atoms with van der Waals surface area (Å²) in [5.74, 6) is 0.992. The van der Waals surface area contributed by atoms with Gasteiger partial charge in [0.15, 0.2) is 0 Å². The maximum absolute atomic E-state index is 9.70. The topological polar surface area (TPSA) is 71.9 Å². The summed E-state index contributed by atoms with van der Waals surface area (Å²) >= 11 is 0. The van der Waals surface area contributed by atoms with Crippen LogP contribution in [-0.4, -0.2) is 4.98 Å². The predicted molar refractivity (Wildman–Crippen MR) is 115 cm³/mol. The molecule has 0 amide bonds. The highest BCUT2D eigenvalue weighted by Gasteiger charge is 2.16. The van der Waals surface area contributed by atoms with Crippen molar-refractivity contribution in [3.05, 3.63) is 102 Å². The number of benzene rings is 3. The van der Waals surface area contributed by atoms with Crippen LogP contribution in [-0.2, 0) is 6.61 Å². The van der Waals surface area contributed by atoms with E-state index in [0.717, 1.165) is 33.6 Å². The van der Waals surface area contributed by atoms with Gasteiger partial charge >= 0.3 is 0 Å². The van der Waals surface area contributed by atoms with Gasteiger partial charge in [-0.1, -0.05) is 72.8 Å². The molecule has 1 heterocycles. The molecule has 0 aliphatic carbocycles. The Hall–Kier alpha value is -4.10. The first-order chi connectivity index (χ1) is 14.3. The Kier molecular flexibility index (Phi) is 5.22. The molecule has 29 heavy (non-hydrogen) atoms. The van der Waals surface area contributed by atoms with Gasteiger partial charge in [-0.15, -0.1) is 0 Å². The van der Waals surface area contributed by atoms with Crippen molar-refractivity contribution in [3.8, 4) is 34.1 Å². The summed E-state index contributed by atoms with van der Waals surface area (Å²) in [5.41, 5.74) is 11.0. The van der Waals surface area contributed by atoms with E-state index < -0.39 is 0 Å². The van der Waals surface area contributed by atoms with Gasteiger partial charge in [0, 0.05) is 17.3 Å². The van der Waals surface area contributed by atoms with Crippen molar-refractivity contribution in [2.24, 2.45) is 0 Å².